The first kappa shape index (κ1) is 21.8. The van der Waals surface area contributed by atoms with E-state index >= 15 is 0 Å². The van der Waals surface area contributed by atoms with Gasteiger partial charge in [-0.1, -0.05) is 77.0 Å². The molecule has 1 aliphatic heterocycles. The Morgan fingerprint density at radius 3 is 2.66 bits per heavy atom. The summed E-state index contributed by atoms with van der Waals surface area (Å²) >= 11 is 18.8. The first-order valence-corrected chi connectivity index (χ1v) is 10.9. The second kappa shape index (κ2) is 9.76. The summed E-state index contributed by atoms with van der Waals surface area (Å²) in [6.07, 6.45) is 2.50. The number of rotatable bonds is 6. The Morgan fingerprint density at radius 1 is 1.21 bits per heavy atom. The molecule has 0 saturated carbocycles. The molecular weight excluding hydrogens is 447 g/mol. The normalized spacial score (nSPS) is 15.3. The Bertz CT molecular complexity index is 991. The highest BCUT2D eigenvalue weighted by Gasteiger charge is 2.31. The number of nitrogens with one attached hydrogen (secondary N) is 1. The summed E-state index contributed by atoms with van der Waals surface area (Å²) < 4.78 is 0.471. The molecule has 2 aromatic carbocycles. The highest BCUT2D eigenvalue weighted by Crippen LogP contribution is 2.35. The van der Waals surface area contributed by atoms with Gasteiger partial charge in [0.1, 0.15) is 4.32 Å². The minimum Gasteiger partial charge on any atom is -0.326 e. The molecule has 0 atom stereocenters. The molecule has 1 fully saturated rings. The standard InChI is InChI=1S/C21H18Cl2N2O2S2/c1-13-7-9-15(10-8-13)24-18(26)6-3-11-25-20(27)17(29-21(25)28)12-14-4-2-5-16(22)19(14)23/h2,4-5,7-10,12H,3,6,11H2,1H3,(H,24,26)/b17-12-. The zero-order chi connectivity index (χ0) is 21.0. The lowest BCUT2D eigenvalue weighted by Gasteiger charge is -2.14. The minimum atomic E-state index is -0.185. The molecule has 150 valence electrons. The second-order valence-electron chi connectivity index (χ2n) is 6.49. The van der Waals surface area contributed by atoms with E-state index in [2.05, 4.69) is 5.32 Å². The van der Waals surface area contributed by atoms with E-state index in [4.69, 9.17) is 35.4 Å². The monoisotopic (exact) mass is 464 g/mol. The Labute approximate surface area is 189 Å². The number of nitrogens with zero attached hydrogens (tertiary/aromatic N) is 1. The van der Waals surface area contributed by atoms with Gasteiger partial charge in [0, 0.05) is 18.7 Å². The average Bonchev–Trinajstić information content (AvgIpc) is 2.94. The second-order valence-corrected chi connectivity index (χ2v) is 8.96. The molecule has 0 unspecified atom stereocenters. The third kappa shape index (κ3) is 5.60. The number of hydrogen-bond acceptors (Lipinski definition) is 4. The van der Waals surface area contributed by atoms with Crippen LogP contribution < -0.4 is 5.32 Å². The highest BCUT2D eigenvalue weighted by molar-refractivity contribution is 8.26. The van der Waals surface area contributed by atoms with Gasteiger partial charge in [0.25, 0.3) is 5.91 Å². The van der Waals surface area contributed by atoms with E-state index in [1.54, 1.807) is 24.3 Å². The summed E-state index contributed by atoms with van der Waals surface area (Å²) in [5.74, 6) is -0.282. The van der Waals surface area contributed by atoms with E-state index in [1.807, 2.05) is 31.2 Å². The summed E-state index contributed by atoms with van der Waals surface area (Å²) in [5, 5.41) is 3.67. The van der Waals surface area contributed by atoms with Crippen LogP contribution >= 0.6 is 47.2 Å². The van der Waals surface area contributed by atoms with Crippen molar-refractivity contribution < 1.29 is 9.59 Å². The molecule has 0 bridgehead atoms. The van der Waals surface area contributed by atoms with Crippen molar-refractivity contribution in [3.8, 4) is 0 Å². The van der Waals surface area contributed by atoms with Crippen molar-refractivity contribution in [3.63, 3.8) is 0 Å². The van der Waals surface area contributed by atoms with Gasteiger partial charge >= 0.3 is 0 Å². The van der Waals surface area contributed by atoms with Crippen LogP contribution in [-0.4, -0.2) is 27.6 Å². The smallest absolute Gasteiger partial charge is 0.266 e. The van der Waals surface area contributed by atoms with Gasteiger partial charge in [-0.25, -0.2) is 0 Å². The first-order chi connectivity index (χ1) is 13.8. The molecule has 0 radical (unpaired) electrons. The van der Waals surface area contributed by atoms with Crippen molar-refractivity contribution in [2.24, 2.45) is 0 Å². The zero-order valence-electron chi connectivity index (χ0n) is 15.6. The first-order valence-electron chi connectivity index (χ1n) is 8.91. The van der Waals surface area contributed by atoms with Crippen LogP contribution in [0.2, 0.25) is 10.0 Å². The van der Waals surface area contributed by atoms with Gasteiger partial charge < -0.3 is 5.32 Å². The van der Waals surface area contributed by atoms with Gasteiger partial charge in [0.2, 0.25) is 5.91 Å². The summed E-state index contributed by atoms with van der Waals surface area (Å²) in [5.41, 5.74) is 2.55. The van der Waals surface area contributed by atoms with Crippen LogP contribution in [-0.2, 0) is 9.59 Å². The Kier molecular flexibility index (Phi) is 7.35. The van der Waals surface area contributed by atoms with Gasteiger partial charge in [-0.2, -0.15) is 0 Å². The van der Waals surface area contributed by atoms with Gasteiger partial charge in [-0.05, 0) is 43.2 Å². The van der Waals surface area contributed by atoms with Crippen molar-refractivity contribution in [2.45, 2.75) is 19.8 Å². The number of carbonyl (C=O) groups excluding carboxylic acids is 2. The van der Waals surface area contributed by atoms with Gasteiger partial charge in [-0.3, -0.25) is 14.5 Å². The summed E-state index contributed by atoms with van der Waals surface area (Å²) in [6, 6.07) is 12.8. The van der Waals surface area contributed by atoms with E-state index in [0.29, 0.717) is 44.2 Å². The summed E-state index contributed by atoms with van der Waals surface area (Å²) in [4.78, 5) is 26.8. The van der Waals surface area contributed by atoms with Crippen LogP contribution in [0.25, 0.3) is 6.08 Å². The fraction of sp³-hybridized carbons (Fsp3) is 0.190. The van der Waals surface area contributed by atoms with Crippen molar-refractivity contribution in [1.29, 1.82) is 0 Å². The number of benzene rings is 2. The van der Waals surface area contributed by atoms with E-state index in [-0.39, 0.29) is 11.8 Å². The van der Waals surface area contributed by atoms with Crippen LogP contribution in [0.3, 0.4) is 0 Å². The van der Waals surface area contributed by atoms with Gasteiger partial charge in [0.05, 0.1) is 15.0 Å². The maximum Gasteiger partial charge on any atom is 0.266 e. The number of carbonyl (C=O) groups is 2. The molecule has 1 saturated heterocycles. The third-order valence-corrected chi connectivity index (χ3v) is 6.47. The zero-order valence-corrected chi connectivity index (χ0v) is 18.7. The molecule has 2 aromatic rings. The molecular formula is C21H18Cl2N2O2S2. The molecule has 1 heterocycles. The topological polar surface area (TPSA) is 49.4 Å². The maximum absolute atomic E-state index is 12.7. The number of aryl methyl sites for hydroxylation is 1. The lowest BCUT2D eigenvalue weighted by Crippen LogP contribution is -2.29. The number of hydrogen-bond donors (Lipinski definition) is 1. The van der Waals surface area contributed by atoms with Crippen LogP contribution in [0.15, 0.2) is 47.4 Å². The summed E-state index contributed by atoms with van der Waals surface area (Å²) in [7, 11) is 0. The van der Waals surface area contributed by atoms with E-state index in [9.17, 15) is 9.59 Å². The molecule has 1 N–H and O–H groups in total. The number of halogens is 2. The SMILES string of the molecule is Cc1ccc(NC(=O)CCCN2C(=O)/C(=C/c3cccc(Cl)c3Cl)SC2=S)cc1. The van der Waals surface area contributed by atoms with E-state index in [1.165, 1.54) is 16.7 Å². The molecule has 3 rings (SSSR count). The van der Waals surface area contributed by atoms with E-state index < -0.39 is 0 Å². The maximum atomic E-state index is 12.7. The minimum absolute atomic E-state index is 0.0967. The molecule has 1 aliphatic rings. The molecule has 8 heteroatoms. The molecule has 0 spiro atoms. The third-order valence-electron chi connectivity index (χ3n) is 4.26. The predicted octanol–water partition coefficient (Wildman–Crippen LogP) is 5.92. The molecule has 0 aromatic heterocycles. The molecule has 0 aliphatic carbocycles. The highest BCUT2D eigenvalue weighted by atomic mass is 35.5. The fourth-order valence-electron chi connectivity index (χ4n) is 2.72. The largest absolute Gasteiger partial charge is 0.326 e. The van der Waals surface area contributed by atoms with Crippen LogP contribution in [0.4, 0.5) is 5.69 Å². The predicted molar refractivity (Wildman–Crippen MR) is 125 cm³/mol. The average molecular weight is 465 g/mol. The number of thioether (sulfide) groups is 1. The van der Waals surface area contributed by atoms with Crippen LogP contribution in [0, 0.1) is 6.92 Å². The van der Waals surface area contributed by atoms with Crippen molar-refractivity contribution in [1.82, 2.24) is 4.90 Å². The Morgan fingerprint density at radius 2 is 1.93 bits per heavy atom. The van der Waals surface area contributed by atoms with Crippen molar-refractivity contribution in [3.05, 3.63) is 68.5 Å². The van der Waals surface area contributed by atoms with Gasteiger partial charge in [-0.15, -0.1) is 0 Å². The molecule has 2 amide bonds. The van der Waals surface area contributed by atoms with Crippen LogP contribution in [0.5, 0.6) is 0 Å². The number of amides is 2. The fourth-order valence-corrected chi connectivity index (χ4v) is 4.39. The van der Waals surface area contributed by atoms with Crippen molar-refractivity contribution in [2.75, 3.05) is 11.9 Å². The Balaban J connectivity index is 1.56. The van der Waals surface area contributed by atoms with Gasteiger partial charge in [0.15, 0.2) is 0 Å². The van der Waals surface area contributed by atoms with E-state index in [0.717, 1.165) is 11.3 Å². The lowest BCUT2D eigenvalue weighted by atomic mass is 10.2. The van der Waals surface area contributed by atoms with Crippen molar-refractivity contribution >= 4 is 75.1 Å². The Hall–Kier alpha value is -1.86. The van der Waals surface area contributed by atoms with Crippen LogP contribution in [0.1, 0.15) is 24.0 Å². The quantitative estimate of drug-likeness (QED) is 0.425. The number of anilines is 1. The molecule has 29 heavy (non-hydrogen) atoms. The lowest BCUT2D eigenvalue weighted by molar-refractivity contribution is -0.122. The molecule has 4 nitrogen and oxygen atoms in total. The number of thiocarbonyl (C=S) groups is 1. The summed E-state index contributed by atoms with van der Waals surface area (Å²) in [6.45, 7) is 2.37.